The molecule has 5 heteroatoms. The van der Waals surface area contributed by atoms with Crippen LogP contribution in [0.1, 0.15) is 50.4 Å². The predicted molar refractivity (Wildman–Crippen MR) is 137 cm³/mol. The van der Waals surface area contributed by atoms with E-state index in [4.69, 9.17) is 4.74 Å². The molecule has 0 spiro atoms. The molecule has 1 heterocycles. The van der Waals surface area contributed by atoms with Crippen molar-refractivity contribution in [1.29, 1.82) is 0 Å². The van der Waals surface area contributed by atoms with Crippen molar-refractivity contribution in [3.05, 3.63) is 108 Å². The molecule has 0 N–H and O–H groups in total. The molecule has 182 valence electrons. The average molecular weight is 471 g/mol. The van der Waals surface area contributed by atoms with E-state index in [1.165, 1.54) is 0 Å². The second kappa shape index (κ2) is 10.4. The molecular weight excluding hydrogens is 436 g/mol. The van der Waals surface area contributed by atoms with Crippen LogP contribution in [0.4, 0.5) is 0 Å². The Balaban J connectivity index is 1.72. The third-order valence-electron chi connectivity index (χ3n) is 6.29. The first-order chi connectivity index (χ1) is 16.7. The fourth-order valence-electron chi connectivity index (χ4n) is 4.66. The molecule has 0 saturated carbocycles. The summed E-state index contributed by atoms with van der Waals surface area (Å²) in [6.45, 7) is 8.72. The van der Waals surface area contributed by atoms with Gasteiger partial charge in [0.1, 0.15) is 11.8 Å². The first-order valence-corrected chi connectivity index (χ1v) is 12.2. The molecule has 0 bridgehead atoms. The van der Waals surface area contributed by atoms with Crippen molar-refractivity contribution < 1.29 is 14.3 Å². The molecule has 5 nitrogen and oxygen atoms in total. The fraction of sp³-hybridized carbons (Fsp3) is 0.333. The molecule has 35 heavy (non-hydrogen) atoms. The summed E-state index contributed by atoms with van der Waals surface area (Å²) in [6.07, 6.45) is -0.423. The average Bonchev–Trinajstić information content (AvgIpc) is 2.83. The Labute approximate surface area is 208 Å². The molecule has 0 aromatic heterocycles. The van der Waals surface area contributed by atoms with Crippen LogP contribution in [-0.2, 0) is 27.4 Å². The van der Waals surface area contributed by atoms with Gasteiger partial charge in [0.25, 0.3) is 0 Å². The van der Waals surface area contributed by atoms with Crippen LogP contribution in [0.25, 0.3) is 0 Å². The van der Waals surface area contributed by atoms with Gasteiger partial charge in [0.05, 0.1) is 6.04 Å². The number of rotatable bonds is 8. The maximum atomic E-state index is 13.5. The molecule has 1 fully saturated rings. The Morgan fingerprint density at radius 2 is 1.31 bits per heavy atom. The highest BCUT2D eigenvalue weighted by atomic mass is 16.6. The highest BCUT2D eigenvalue weighted by Crippen LogP contribution is 2.40. The molecule has 1 aliphatic rings. The molecule has 3 aromatic rings. The standard InChI is InChI=1S/C30H34N2O3/c1-22(25-18-12-7-13-19-25)32-27(26(28(32)33)29(34)35-30(2,3)4)31(20-23-14-8-5-9-15-23)21-24-16-10-6-11-17-24/h5-19,22,26-27H,20-21H2,1-4H3/t22?,26-,27+/m1/s1. The number of hydrogen-bond donors (Lipinski definition) is 0. The minimum Gasteiger partial charge on any atom is -0.459 e. The van der Waals surface area contributed by atoms with Crippen LogP contribution in [0.2, 0.25) is 0 Å². The second-order valence-corrected chi connectivity index (χ2v) is 10.1. The Hall–Kier alpha value is -3.44. The fourth-order valence-corrected chi connectivity index (χ4v) is 4.66. The smallest absolute Gasteiger partial charge is 0.322 e. The van der Waals surface area contributed by atoms with Crippen LogP contribution in [-0.4, -0.2) is 33.4 Å². The second-order valence-electron chi connectivity index (χ2n) is 10.1. The lowest BCUT2D eigenvalue weighted by atomic mass is 9.87. The van der Waals surface area contributed by atoms with Crippen molar-refractivity contribution in [1.82, 2.24) is 9.80 Å². The quantitative estimate of drug-likeness (QED) is 0.245. The molecule has 1 amide bonds. The highest BCUT2D eigenvalue weighted by molar-refractivity contribution is 6.03. The summed E-state index contributed by atoms with van der Waals surface area (Å²) in [4.78, 5) is 30.9. The summed E-state index contributed by atoms with van der Waals surface area (Å²) in [5.74, 6) is -1.52. The number of esters is 1. The Morgan fingerprint density at radius 1 is 0.857 bits per heavy atom. The van der Waals surface area contributed by atoms with E-state index in [9.17, 15) is 9.59 Å². The first-order valence-electron chi connectivity index (χ1n) is 12.2. The van der Waals surface area contributed by atoms with Crippen LogP contribution in [0.5, 0.6) is 0 Å². The van der Waals surface area contributed by atoms with E-state index < -0.39 is 23.7 Å². The van der Waals surface area contributed by atoms with E-state index in [-0.39, 0.29) is 11.9 Å². The monoisotopic (exact) mass is 470 g/mol. The van der Waals surface area contributed by atoms with Crippen LogP contribution >= 0.6 is 0 Å². The SMILES string of the molecule is CC(c1ccccc1)N1C(=O)[C@H](C(=O)OC(C)(C)C)[C@H]1N(Cc1ccccc1)Cc1ccccc1. The van der Waals surface area contributed by atoms with E-state index in [1.807, 2.05) is 99.3 Å². The molecule has 1 aliphatic heterocycles. The number of carbonyl (C=O) groups excluding carboxylic acids is 2. The van der Waals surface area contributed by atoms with Gasteiger partial charge < -0.3 is 9.64 Å². The van der Waals surface area contributed by atoms with Crippen molar-refractivity contribution >= 4 is 11.9 Å². The predicted octanol–water partition coefficient (Wildman–Crippen LogP) is 5.58. The maximum absolute atomic E-state index is 13.5. The van der Waals surface area contributed by atoms with Gasteiger partial charge in [0.2, 0.25) is 5.91 Å². The molecule has 0 radical (unpaired) electrons. The molecule has 3 aromatic carbocycles. The summed E-state index contributed by atoms with van der Waals surface area (Å²) >= 11 is 0. The van der Waals surface area contributed by atoms with Crippen molar-refractivity contribution in [3.63, 3.8) is 0 Å². The zero-order chi connectivity index (χ0) is 25.0. The number of likely N-dealkylation sites (tertiary alicyclic amines) is 1. The van der Waals surface area contributed by atoms with Gasteiger partial charge in [-0.25, -0.2) is 0 Å². The number of benzene rings is 3. The third-order valence-corrected chi connectivity index (χ3v) is 6.29. The van der Waals surface area contributed by atoms with E-state index in [0.29, 0.717) is 13.1 Å². The Morgan fingerprint density at radius 3 is 1.77 bits per heavy atom. The number of β-lactam (4-membered cyclic amide) rings is 1. The minimum atomic E-state index is -0.868. The van der Waals surface area contributed by atoms with Gasteiger partial charge in [-0.2, -0.15) is 0 Å². The van der Waals surface area contributed by atoms with Gasteiger partial charge in [0.15, 0.2) is 5.92 Å². The topological polar surface area (TPSA) is 49.9 Å². The van der Waals surface area contributed by atoms with Crippen LogP contribution < -0.4 is 0 Å². The van der Waals surface area contributed by atoms with E-state index >= 15 is 0 Å². The third kappa shape index (κ3) is 5.80. The van der Waals surface area contributed by atoms with Crippen LogP contribution in [0.3, 0.4) is 0 Å². The van der Waals surface area contributed by atoms with E-state index in [2.05, 4.69) is 29.2 Å². The van der Waals surface area contributed by atoms with Crippen molar-refractivity contribution in [3.8, 4) is 0 Å². The lowest BCUT2D eigenvalue weighted by molar-refractivity contribution is -0.196. The molecule has 4 rings (SSSR count). The van der Waals surface area contributed by atoms with Gasteiger partial charge in [-0.3, -0.25) is 14.5 Å². The maximum Gasteiger partial charge on any atom is 0.322 e. The number of nitrogens with zero attached hydrogens (tertiary/aromatic N) is 2. The summed E-state index contributed by atoms with van der Waals surface area (Å²) in [5.41, 5.74) is 2.61. The number of carbonyl (C=O) groups is 2. The number of hydrogen-bond acceptors (Lipinski definition) is 4. The molecular formula is C30H34N2O3. The normalized spacial score (nSPS) is 18.8. The van der Waals surface area contributed by atoms with Gasteiger partial charge in [0, 0.05) is 13.1 Å². The van der Waals surface area contributed by atoms with E-state index in [0.717, 1.165) is 16.7 Å². The van der Waals surface area contributed by atoms with Crippen molar-refractivity contribution in [2.24, 2.45) is 5.92 Å². The number of ether oxygens (including phenoxy) is 1. The zero-order valence-corrected chi connectivity index (χ0v) is 20.9. The summed E-state index contributed by atoms with van der Waals surface area (Å²) in [6, 6.07) is 30.1. The first kappa shape index (κ1) is 24.7. The Bertz CT molecular complexity index is 1090. The summed E-state index contributed by atoms with van der Waals surface area (Å²) in [7, 11) is 0. The van der Waals surface area contributed by atoms with Crippen molar-refractivity contribution in [2.45, 2.75) is 58.6 Å². The summed E-state index contributed by atoms with van der Waals surface area (Å²) in [5, 5.41) is 0. The van der Waals surface area contributed by atoms with Gasteiger partial charge >= 0.3 is 5.97 Å². The molecule has 1 unspecified atom stereocenters. The molecule has 3 atom stereocenters. The zero-order valence-electron chi connectivity index (χ0n) is 20.9. The highest BCUT2D eigenvalue weighted by Gasteiger charge is 2.57. The van der Waals surface area contributed by atoms with Gasteiger partial charge in [-0.05, 0) is 44.4 Å². The molecule has 1 saturated heterocycles. The summed E-state index contributed by atoms with van der Waals surface area (Å²) < 4.78 is 5.71. The van der Waals surface area contributed by atoms with Crippen LogP contribution in [0, 0.1) is 5.92 Å². The minimum absolute atomic E-state index is 0.179. The molecule has 0 aliphatic carbocycles. The lowest BCUT2D eigenvalue weighted by Gasteiger charge is -2.53. The lowest BCUT2D eigenvalue weighted by Crippen LogP contribution is -2.70. The largest absolute Gasteiger partial charge is 0.459 e. The Kier molecular flexibility index (Phi) is 7.37. The van der Waals surface area contributed by atoms with E-state index in [1.54, 1.807) is 0 Å². The number of amides is 1. The van der Waals surface area contributed by atoms with Gasteiger partial charge in [-0.1, -0.05) is 91.0 Å². The van der Waals surface area contributed by atoms with Gasteiger partial charge in [-0.15, -0.1) is 0 Å². The van der Waals surface area contributed by atoms with Crippen LogP contribution in [0.15, 0.2) is 91.0 Å². The van der Waals surface area contributed by atoms with Crippen molar-refractivity contribution in [2.75, 3.05) is 0 Å².